The lowest BCUT2D eigenvalue weighted by molar-refractivity contribution is -0.122. The van der Waals surface area contributed by atoms with Crippen molar-refractivity contribution < 1.29 is 17.6 Å². The van der Waals surface area contributed by atoms with E-state index in [4.69, 9.17) is 5.73 Å². The molecule has 1 aromatic rings. The smallest absolute Gasteiger partial charge is 0.236 e. The highest BCUT2D eigenvalue weighted by Gasteiger charge is 2.15. The molecule has 0 aliphatic heterocycles. The van der Waals surface area contributed by atoms with Gasteiger partial charge >= 0.3 is 0 Å². The van der Waals surface area contributed by atoms with Crippen molar-refractivity contribution in [2.45, 2.75) is 18.9 Å². The Balaban J connectivity index is 2.32. The first-order valence-corrected chi connectivity index (χ1v) is 8.29. The van der Waals surface area contributed by atoms with Gasteiger partial charge in [-0.25, -0.2) is 12.8 Å². The van der Waals surface area contributed by atoms with Gasteiger partial charge in [0.1, 0.15) is 15.7 Å². The number of hydrogen-bond donors (Lipinski definition) is 2. The molecule has 0 saturated carbocycles. The molecule has 20 heavy (non-hydrogen) atoms. The average Bonchev–Trinajstić information content (AvgIpc) is 2.35. The normalized spacial score (nSPS) is 12.9. The molecule has 1 amide bonds. The van der Waals surface area contributed by atoms with Crippen molar-refractivity contribution in [3.05, 3.63) is 35.6 Å². The third-order valence-electron chi connectivity index (χ3n) is 2.74. The SMILES string of the molecule is CS(=O)(=O)CCC(N)C(=O)NCCc1cccc(F)c1. The van der Waals surface area contributed by atoms with Gasteiger partial charge in [0, 0.05) is 12.8 Å². The summed E-state index contributed by atoms with van der Waals surface area (Å²) in [5.41, 5.74) is 6.36. The van der Waals surface area contributed by atoms with Crippen LogP contribution in [0.2, 0.25) is 0 Å². The Kier molecular flexibility index (Phi) is 6.09. The van der Waals surface area contributed by atoms with Crippen molar-refractivity contribution in [1.29, 1.82) is 0 Å². The Morgan fingerprint density at radius 3 is 2.75 bits per heavy atom. The Morgan fingerprint density at radius 1 is 1.45 bits per heavy atom. The number of benzene rings is 1. The molecule has 0 heterocycles. The van der Waals surface area contributed by atoms with Crippen LogP contribution < -0.4 is 11.1 Å². The highest BCUT2D eigenvalue weighted by atomic mass is 32.2. The lowest BCUT2D eigenvalue weighted by Crippen LogP contribution is -2.42. The van der Waals surface area contributed by atoms with Crippen LogP contribution in [-0.2, 0) is 21.1 Å². The standard InChI is InChI=1S/C13H19FN2O3S/c1-20(18,19)8-6-12(15)13(17)16-7-5-10-3-2-4-11(14)9-10/h2-4,9,12H,5-8,15H2,1H3,(H,16,17). The number of carbonyl (C=O) groups is 1. The van der Waals surface area contributed by atoms with Gasteiger partial charge in [-0.2, -0.15) is 0 Å². The van der Waals surface area contributed by atoms with Crippen LogP contribution in [-0.4, -0.2) is 38.9 Å². The second kappa shape index (κ2) is 7.35. The van der Waals surface area contributed by atoms with Crippen LogP contribution in [0.1, 0.15) is 12.0 Å². The van der Waals surface area contributed by atoms with E-state index in [1.807, 2.05) is 0 Å². The zero-order valence-corrected chi connectivity index (χ0v) is 12.1. The lowest BCUT2D eigenvalue weighted by Gasteiger charge is -2.11. The number of hydrogen-bond acceptors (Lipinski definition) is 4. The summed E-state index contributed by atoms with van der Waals surface area (Å²) in [6, 6.07) is 5.26. The van der Waals surface area contributed by atoms with E-state index >= 15 is 0 Å². The van der Waals surface area contributed by atoms with E-state index in [1.165, 1.54) is 12.1 Å². The first-order valence-electron chi connectivity index (χ1n) is 6.23. The summed E-state index contributed by atoms with van der Waals surface area (Å²) in [6.45, 7) is 0.328. The molecule has 1 atom stereocenters. The molecule has 1 rings (SSSR count). The third-order valence-corrected chi connectivity index (χ3v) is 3.72. The van der Waals surface area contributed by atoms with Crippen molar-refractivity contribution in [2.75, 3.05) is 18.6 Å². The van der Waals surface area contributed by atoms with Crippen molar-refractivity contribution in [3.63, 3.8) is 0 Å². The number of amides is 1. The maximum Gasteiger partial charge on any atom is 0.236 e. The van der Waals surface area contributed by atoms with Gasteiger partial charge < -0.3 is 11.1 Å². The summed E-state index contributed by atoms with van der Waals surface area (Å²) in [7, 11) is -3.12. The van der Waals surface area contributed by atoms with Crippen LogP contribution in [0.4, 0.5) is 4.39 Å². The fourth-order valence-electron chi connectivity index (χ4n) is 1.63. The minimum absolute atomic E-state index is 0.0879. The Morgan fingerprint density at radius 2 is 2.15 bits per heavy atom. The van der Waals surface area contributed by atoms with E-state index in [9.17, 15) is 17.6 Å². The van der Waals surface area contributed by atoms with Gasteiger partial charge in [0.25, 0.3) is 0 Å². The molecule has 7 heteroatoms. The minimum atomic E-state index is -3.12. The molecule has 0 aliphatic rings. The highest BCUT2D eigenvalue weighted by molar-refractivity contribution is 7.90. The molecule has 0 saturated heterocycles. The second-order valence-corrected chi connectivity index (χ2v) is 6.96. The van der Waals surface area contributed by atoms with Crippen LogP contribution in [0, 0.1) is 5.82 Å². The molecule has 1 aromatic carbocycles. The number of sulfone groups is 1. The summed E-state index contributed by atoms with van der Waals surface area (Å²) in [5, 5.41) is 2.61. The first-order chi connectivity index (χ1) is 9.28. The summed E-state index contributed by atoms with van der Waals surface area (Å²) >= 11 is 0. The van der Waals surface area contributed by atoms with E-state index in [0.29, 0.717) is 13.0 Å². The molecule has 3 N–H and O–H groups in total. The Labute approximate surface area is 118 Å². The molecule has 0 radical (unpaired) electrons. The summed E-state index contributed by atoms with van der Waals surface area (Å²) in [4.78, 5) is 11.6. The topological polar surface area (TPSA) is 89.3 Å². The van der Waals surface area contributed by atoms with Crippen LogP contribution in [0.5, 0.6) is 0 Å². The van der Waals surface area contributed by atoms with E-state index in [-0.39, 0.29) is 18.0 Å². The summed E-state index contributed by atoms with van der Waals surface area (Å²) in [5.74, 6) is -0.838. The van der Waals surface area contributed by atoms with E-state index < -0.39 is 21.8 Å². The number of halogens is 1. The third kappa shape index (κ3) is 6.63. The number of carbonyl (C=O) groups excluding carboxylic acids is 1. The zero-order chi connectivity index (χ0) is 15.2. The number of nitrogens with one attached hydrogen (secondary N) is 1. The van der Waals surface area contributed by atoms with E-state index in [0.717, 1.165) is 11.8 Å². The molecule has 0 aliphatic carbocycles. The predicted octanol–water partition coefficient (Wildman–Crippen LogP) is 0.246. The molecule has 112 valence electrons. The van der Waals surface area contributed by atoms with Crippen LogP contribution in [0.15, 0.2) is 24.3 Å². The highest BCUT2D eigenvalue weighted by Crippen LogP contribution is 2.03. The van der Waals surface area contributed by atoms with Crippen molar-refractivity contribution in [1.82, 2.24) is 5.32 Å². The van der Waals surface area contributed by atoms with Gasteiger partial charge in [0.2, 0.25) is 5.91 Å². The van der Waals surface area contributed by atoms with Gasteiger partial charge in [-0.05, 0) is 30.5 Å². The van der Waals surface area contributed by atoms with Crippen molar-refractivity contribution >= 4 is 15.7 Å². The second-order valence-electron chi connectivity index (χ2n) is 4.70. The lowest BCUT2D eigenvalue weighted by atomic mass is 10.1. The Hall–Kier alpha value is -1.47. The quantitative estimate of drug-likeness (QED) is 0.755. The van der Waals surface area contributed by atoms with Gasteiger partial charge in [-0.15, -0.1) is 0 Å². The maximum absolute atomic E-state index is 12.9. The first kappa shape index (κ1) is 16.6. The Bertz CT molecular complexity index is 560. The molecule has 1 unspecified atom stereocenters. The molecule has 0 bridgehead atoms. The van der Waals surface area contributed by atoms with Gasteiger partial charge in [0.05, 0.1) is 11.8 Å². The number of nitrogens with two attached hydrogens (primary N) is 1. The number of rotatable bonds is 7. The molecular formula is C13H19FN2O3S. The molecule has 0 spiro atoms. The van der Waals surface area contributed by atoms with Crippen LogP contribution in [0.3, 0.4) is 0 Å². The van der Waals surface area contributed by atoms with E-state index in [1.54, 1.807) is 12.1 Å². The fraction of sp³-hybridized carbons (Fsp3) is 0.462. The monoisotopic (exact) mass is 302 g/mol. The average molecular weight is 302 g/mol. The van der Waals surface area contributed by atoms with Crippen LogP contribution >= 0.6 is 0 Å². The zero-order valence-electron chi connectivity index (χ0n) is 11.3. The van der Waals surface area contributed by atoms with E-state index in [2.05, 4.69) is 5.32 Å². The van der Waals surface area contributed by atoms with Gasteiger partial charge in [-0.1, -0.05) is 12.1 Å². The molecule has 0 aromatic heterocycles. The van der Waals surface area contributed by atoms with Crippen LogP contribution in [0.25, 0.3) is 0 Å². The molecule has 5 nitrogen and oxygen atoms in total. The van der Waals surface area contributed by atoms with Crippen molar-refractivity contribution in [2.24, 2.45) is 5.73 Å². The fourth-order valence-corrected chi connectivity index (χ4v) is 2.31. The largest absolute Gasteiger partial charge is 0.354 e. The molecular weight excluding hydrogens is 283 g/mol. The molecule has 0 fully saturated rings. The maximum atomic E-state index is 12.9. The summed E-state index contributed by atoms with van der Waals surface area (Å²) < 4.78 is 34.9. The van der Waals surface area contributed by atoms with Gasteiger partial charge in [0.15, 0.2) is 0 Å². The predicted molar refractivity (Wildman–Crippen MR) is 75.4 cm³/mol. The summed E-state index contributed by atoms with van der Waals surface area (Å²) in [6.07, 6.45) is 1.68. The minimum Gasteiger partial charge on any atom is -0.354 e. The van der Waals surface area contributed by atoms with Crippen molar-refractivity contribution in [3.8, 4) is 0 Å². The van der Waals surface area contributed by atoms with Gasteiger partial charge in [-0.3, -0.25) is 4.79 Å².